The maximum atomic E-state index is 14.4. The fraction of sp³-hybridized carbons (Fsp3) is 0.880. The summed E-state index contributed by atoms with van der Waals surface area (Å²) in [6, 6.07) is 0. The molecule has 4 unspecified atom stereocenters. The summed E-state index contributed by atoms with van der Waals surface area (Å²) in [5, 5.41) is 19.3. The van der Waals surface area contributed by atoms with Crippen molar-refractivity contribution in [3.8, 4) is 0 Å². The first kappa shape index (κ1) is 39.4. The fourth-order valence-corrected chi connectivity index (χ4v) is 4.35. The van der Waals surface area contributed by atoms with Crippen molar-refractivity contribution in [1.29, 1.82) is 0 Å². The molecule has 0 aliphatic heterocycles. The number of aliphatic hydroxyl groups is 2. The van der Waals surface area contributed by atoms with Crippen molar-refractivity contribution in [2.24, 2.45) is 0 Å². The van der Waals surface area contributed by atoms with E-state index in [1.54, 1.807) is 0 Å². The number of halogens is 10. The molecule has 0 saturated heterocycles. The van der Waals surface area contributed by atoms with Gasteiger partial charge in [-0.15, -0.1) is 0 Å². The number of hydrogen-bond acceptors (Lipinski definition) is 6. The van der Waals surface area contributed by atoms with E-state index in [4.69, 9.17) is 14.2 Å². The van der Waals surface area contributed by atoms with Crippen molar-refractivity contribution in [3.05, 3.63) is 12.2 Å². The molecule has 6 nitrogen and oxygen atoms in total. The van der Waals surface area contributed by atoms with Crippen LogP contribution in [0.25, 0.3) is 0 Å². The van der Waals surface area contributed by atoms with Crippen molar-refractivity contribution >= 4 is 5.97 Å². The zero-order chi connectivity index (χ0) is 33.0. The average molecular weight is 625 g/mol. The second-order valence-corrected chi connectivity index (χ2v) is 9.99. The lowest BCUT2D eigenvalue weighted by Crippen LogP contribution is -2.65. The number of esters is 1. The van der Waals surface area contributed by atoms with Gasteiger partial charge in [-0.3, -0.25) is 0 Å². The maximum absolute atomic E-state index is 14.4. The number of alkyl halides is 10. The molecule has 0 amide bonds. The van der Waals surface area contributed by atoms with Crippen LogP contribution in [-0.2, 0) is 19.0 Å². The Morgan fingerprint density at radius 1 is 0.732 bits per heavy atom. The lowest BCUT2D eigenvalue weighted by molar-refractivity contribution is -0.400. The average Bonchev–Trinajstić information content (AvgIpc) is 2.83. The minimum atomic E-state index is -6.23. The van der Waals surface area contributed by atoms with Gasteiger partial charge in [0.05, 0.1) is 5.60 Å². The Labute approximate surface area is 232 Å². The highest BCUT2D eigenvalue weighted by Gasteiger charge is 2.74. The Kier molecular flexibility index (Phi) is 12.8. The zero-order valence-corrected chi connectivity index (χ0v) is 23.8. The second-order valence-electron chi connectivity index (χ2n) is 9.99. The van der Waals surface area contributed by atoms with E-state index in [2.05, 4.69) is 6.58 Å². The summed E-state index contributed by atoms with van der Waals surface area (Å²) in [4.78, 5) is 12.5. The molecule has 16 heteroatoms. The Morgan fingerprint density at radius 2 is 1.15 bits per heavy atom. The Bertz CT molecular complexity index is 860. The van der Waals surface area contributed by atoms with Crippen molar-refractivity contribution in [3.63, 3.8) is 0 Å². The third-order valence-corrected chi connectivity index (χ3v) is 7.45. The highest BCUT2D eigenvalue weighted by atomic mass is 19.4. The van der Waals surface area contributed by atoms with Gasteiger partial charge in [0.1, 0.15) is 23.9 Å². The van der Waals surface area contributed by atoms with Gasteiger partial charge in [0.2, 0.25) is 0 Å². The smallest absolute Gasteiger partial charge is 0.450 e. The van der Waals surface area contributed by atoms with Crippen LogP contribution in [0.1, 0.15) is 80.6 Å². The molecule has 0 aliphatic carbocycles. The molecule has 0 aromatic heterocycles. The van der Waals surface area contributed by atoms with Gasteiger partial charge in [0.15, 0.2) is 0 Å². The van der Waals surface area contributed by atoms with E-state index in [1.807, 2.05) is 0 Å². The summed E-state index contributed by atoms with van der Waals surface area (Å²) in [5.74, 6) is -6.04. The summed E-state index contributed by atoms with van der Waals surface area (Å²) in [7, 11) is 0. The molecular formula is C25H38F10O6. The van der Waals surface area contributed by atoms with Crippen LogP contribution < -0.4 is 0 Å². The lowest BCUT2D eigenvalue weighted by Gasteiger charge is -2.47. The van der Waals surface area contributed by atoms with Crippen LogP contribution in [-0.4, -0.2) is 75.7 Å². The van der Waals surface area contributed by atoms with E-state index in [0.29, 0.717) is 13.8 Å². The summed E-state index contributed by atoms with van der Waals surface area (Å²) >= 11 is 0. The van der Waals surface area contributed by atoms with Crippen LogP contribution in [0.4, 0.5) is 43.9 Å². The van der Waals surface area contributed by atoms with Crippen molar-refractivity contribution in [1.82, 2.24) is 0 Å². The summed E-state index contributed by atoms with van der Waals surface area (Å²) in [5.41, 5.74) is -9.66. The van der Waals surface area contributed by atoms with Crippen LogP contribution in [0.5, 0.6) is 0 Å². The van der Waals surface area contributed by atoms with E-state index in [9.17, 15) is 58.9 Å². The quantitative estimate of drug-likeness (QED) is 0.118. The van der Waals surface area contributed by atoms with Gasteiger partial charge in [-0.05, 0) is 46.5 Å². The summed E-state index contributed by atoms with van der Waals surface area (Å²) in [6.07, 6.45) is -27.8. The van der Waals surface area contributed by atoms with Crippen molar-refractivity contribution in [2.75, 3.05) is 0 Å². The van der Waals surface area contributed by atoms with Gasteiger partial charge in [-0.1, -0.05) is 34.3 Å². The van der Waals surface area contributed by atoms with Gasteiger partial charge in [-0.2, -0.15) is 43.9 Å². The third kappa shape index (κ3) is 8.25. The lowest BCUT2D eigenvalue weighted by atomic mass is 9.79. The maximum Gasteiger partial charge on any atom is 0.450 e. The monoisotopic (exact) mass is 624 g/mol. The predicted molar refractivity (Wildman–Crippen MR) is 126 cm³/mol. The number of ether oxygens (including phenoxy) is 3. The molecule has 0 aromatic carbocycles. The minimum absolute atomic E-state index is 0.238. The molecule has 244 valence electrons. The molecule has 0 aliphatic rings. The number of hydrogen-bond donors (Lipinski definition) is 2. The minimum Gasteiger partial charge on any atom is -0.456 e. The normalized spacial score (nSPS) is 17.9. The van der Waals surface area contributed by atoms with Crippen LogP contribution in [0.2, 0.25) is 0 Å². The molecule has 41 heavy (non-hydrogen) atoms. The fourth-order valence-electron chi connectivity index (χ4n) is 4.35. The number of carbonyl (C=O) groups excluding carboxylic acids is 1. The highest BCUT2D eigenvalue weighted by molar-refractivity contribution is 5.87. The molecule has 2 N–H and O–H groups in total. The molecular weight excluding hydrogens is 586 g/mol. The molecule has 4 atom stereocenters. The van der Waals surface area contributed by atoms with Gasteiger partial charge in [-0.25, -0.2) is 4.79 Å². The first-order valence-corrected chi connectivity index (χ1v) is 12.7. The van der Waals surface area contributed by atoms with Crippen LogP contribution in [0.3, 0.4) is 0 Å². The first-order chi connectivity index (χ1) is 18.2. The van der Waals surface area contributed by atoms with E-state index in [1.165, 1.54) is 34.6 Å². The van der Waals surface area contributed by atoms with Gasteiger partial charge in [0, 0.05) is 12.0 Å². The van der Waals surface area contributed by atoms with Crippen molar-refractivity contribution < 1.29 is 73.1 Å². The topological polar surface area (TPSA) is 85.2 Å². The molecule has 0 aromatic rings. The van der Waals surface area contributed by atoms with E-state index < -0.39 is 71.9 Å². The van der Waals surface area contributed by atoms with E-state index >= 15 is 0 Å². The van der Waals surface area contributed by atoms with Gasteiger partial charge >= 0.3 is 30.4 Å². The molecule has 0 fully saturated rings. The zero-order valence-electron chi connectivity index (χ0n) is 23.8. The third-order valence-electron chi connectivity index (χ3n) is 7.45. The van der Waals surface area contributed by atoms with Gasteiger partial charge < -0.3 is 24.4 Å². The highest BCUT2D eigenvalue weighted by Crippen LogP contribution is 2.49. The summed E-state index contributed by atoms with van der Waals surface area (Å²) < 4.78 is 151. The largest absolute Gasteiger partial charge is 0.456 e. The molecule has 0 rings (SSSR count). The molecule has 0 saturated carbocycles. The Balaban J connectivity index is 6.97. The molecule has 0 spiro atoms. The van der Waals surface area contributed by atoms with Gasteiger partial charge in [0.25, 0.3) is 5.60 Å². The van der Waals surface area contributed by atoms with E-state index in [0.717, 1.165) is 0 Å². The molecule has 0 heterocycles. The molecule has 0 bridgehead atoms. The summed E-state index contributed by atoms with van der Waals surface area (Å²) in [6.45, 7) is 10.7. The Morgan fingerprint density at radius 3 is 1.44 bits per heavy atom. The first-order valence-electron chi connectivity index (χ1n) is 12.7. The predicted octanol–water partition coefficient (Wildman–Crippen LogP) is 6.87. The van der Waals surface area contributed by atoms with Crippen LogP contribution >= 0.6 is 0 Å². The second kappa shape index (κ2) is 13.3. The number of carbonyl (C=O) groups is 1. The van der Waals surface area contributed by atoms with Crippen molar-refractivity contribution in [2.45, 2.75) is 140 Å². The van der Waals surface area contributed by atoms with Crippen LogP contribution in [0, 0.1) is 0 Å². The van der Waals surface area contributed by atoms with E-state index in [-0.39, 0.29) is 31.3 Å². The molecule has 0 radical (unpaired) electrons. The van der Waals surface area contributed by atoms with Crippen LogP contribution in [0.15, 0.2) is 12.2 Å². The SMILES string of the molecule is C=C(C)C(=O)OC(CC(CC)(CC)OC(C)C(O)(C(F)(F)F)C(F)(F)F)C(CC)(CC)OC(C)C(O)(F)C(F)(F)F. The number of rotatable bonds is 15. The Hall–Kier alpha value is -1.65. The standard InChI is InChI=1S/C25H38F10O6/c1-9-19(10-2,40-15(7)21(37,23(27,28)29)24(30,31)32)13-17(39-18(36)14(5)6)20(11-3,12-4)41-16(8)22(26,38)25(33,34)35/h15-17,37-38H,5,9-13H2,1-4,6-8H3.